The summed E-state index contributed by atoms with van der Waals surface area (Å²) in [6.45, 7) is 4.58. The lowest BCUT2D eigenvalue weighted by molar-refractivity contribution is 0.444. The summed E-state index contributed by atoms with van der Waals surface area (Å²) in [5.41, 5.74) is 0.257. The molecule has 1 heterocycles. The second-order valence-corrected chi connectivity index (χ2v) is 8.10. The van der Waals surface area contributed by atoms with E-state index in [4.69, 9.17) is 4.99 Å². The molecule has 1 aliphatic heterocycles. The number of thioether (sulfide) groups is 1. The third kappa shape index (κ3) is 1.65. The van der Waals surface area contributed by atoms with Gasteiger partial charge in [0, 0.05) is 11.3 Å². The Bertz CT molecular complexity index is 360. The number of rotatable bonds is 1. The number of fused-ring (bicyclic) bond motifs is 5. The number of nitrogens with zero attached hydrogens (tertiary/aromatic N) is 1. The molecule has 2 nitrogen and oxygen atoms in total. The molecule has 0 aromatic heterocycles. The minimum Gasteiger partial charge on any atom is -0.360 e. The Morgan fingerprint density at radius 1 is 1.24 bits per heavy atom. The molecular weight excluding hydrogens is 228 g/mol. The van der Waals surface area contributed by atoms with Gasteiger partial charge in [-0.05, 0) is 63.2 Å². The van der Waals surface area contributed by atoms with E-state index in [2.05, 4.69) is 19.2 Å². The number of aliphatic imine (C=N–C) groups is 1. The van der Waals surface area contributed by atoms with Gasteiger partial charge in [-0.15, -0.1) is 0 Å². The van der Waals surface area contributed by atoms with Crippen molar-refractivity contribution in [2.75, 3.05) is 5.75 Å². The molecule has 0 aromatic rings. The molecule has 0 aromatic carbocycles. The Balaban J connectivity index is 1.48. The van der Waals surface area contributed by atoms with Crippen molar-refractivity contribution in [1.29, 1.82) is 0 Å². The Hall–Kier alpha value is -0.180. The van der Waals surface area contributed by atoms with Crippen molar-refractivity contribution in [3.05, 3.63) is 0 Å². The van der Waals surface area contributed by atoms with Gasteiger partial charge in [-0.3, -0.25) is 4.99 Å². The summed E-state index contributed by atoms with van der Waals surface area (Å²) in [4.78, 5) is 5.04. The van der Waals surface area contributed by atoms with Crippen LogP contribution < -0.4 is 5.32 Å². The van der Waals surface area contributed by atoms with E-state index >= 15 is 0 Å². The molecule has 3 heteroatoms. The molecule has 1 N–H and O–H groups in total. The Morgan fingerprint density at radius 2 is 1.94 bits per heavy atom. The average molecular weight is 250 g/mol. The van der Waals surface area contributed by atoms with Gasteiger partial charge in [0.05, 0.1) is 6.04 Å². The molecule has 1 saturated heterocycles. The summed E-state index contributed by atoms with van der Waals surface area (Å²) < 4.78 is 0. The molecule has 3 saturated carbocycles. The van der Waals surface area contributed by atoms with Gasteiger partial charge in [-0.25, -0.2) is 0 Å². The molecule has 4 fully saturated rings. The maximum atomic E-state index is 5.04. The zero-order valence-corrected chi connectivity index (χ0v) is 11.6. The fourth-order valence-electron chi connectivity index (χ4n) is 4.45. The molecule has 0 spiro atoms. The van der Waals surface area contributed by atoms with Gasteiger partial charge in [0.2, 0.25) is 0 Å². The Kier molecular flexibility index (Phi) is 2.16. The van der Waals surface area contributed by atoms with Crippen LogP contribution in [0.15, 0.2) is 4.99 Å². The lowest BCUT2D eigenvalue weighted by atomic mass is 10.0. The third-order valence-corrected chi connectivity index (χ3v) is 6.26. The monoisotopic (exact) mass is 250 g/mol. The second kappa shape index (κ2) is 3.43. The van der Waals surface area contributed by atoms with E-state index in [0.717, 1.165) is 23.7 Å². The van der Waals surface area contributed by atoms with Crippen molar-refractivity contribution in [3.8, 4) is 0 Å². The van der Waals surface area contributed by atoms with Gasteiger partial charge >= 0.3 is 0 Å². The van der Waals surface area contributed by atoms with Gasteiger partial charge in [0.1, 0.15) is 0 Å². The van der Waals surface area contributed by atoms with E-state index in [1.807, 2.05) is 11.8 Å². The summed E-state index contributed by atoms with van der Waals surface area (Å²) in [6.07, 6.45) is 5.78. The van der Waals surface area contributed by atoms with E-state index in [1.54, 1.807) is 0 Å². The van der Waals surface area contributed by atoms with E-state index in [-0.39, 0.29) is 5.54 Å². The first-order valence-corrected chi connectivity index (χ1v) is 8.11. The van der Waals surface area contributed by atoms with Crippen molar-refractivity contribution in [1.82, 2.24) is 5.32 Å². The predicted octanol–water partition coefficient (Wildman–Crippen LogP) is 2.89. The largest absolute Gasteiger partial charge is 0.360 e. The normalized spacial score (nSPS) is 52.4. The molecule has 4 unspecified atom stereocenters. The van der Waals surface area contributed by atoms with Crippen LogP contribution in [0.1, 0.15) is 39.5 Å². The SMILES string of the molecule is CC1(C)CCSC(=NC2C3C4CCC(C4)C23)N1. The van der Waals surface area contributed by atoms with Crippen LogP contribution in [0.4, 0.5) is 0 Å². The molecule has 17 heavy (non-hydrogen) atoms. The van der Waals surface area contributed by atoms with Gasteiger partial charge in [0.15, 0.2) is 5.17 Å². The zero-order chi connectivity index (χ0) is 11.6. The van der Waals surface area contributed by atoms with Gasteiger partial charge < -0.3 is 5.32 Å². The van der Waals surface area contributed by atoms with Crippen LogP contribution in [0.5, 0.6) is 0 Å². The first-order valence-electron chi connectivity index (χ1n) is 7.13. The van der Waals surface area contributed by atoms with Crippen LogP contribution in [-0.2, 0) is 0 Å². The maximum Gasteiger partial charge on any atom is 0.157 e. The minimum absolute atomic E-state index is 0.257. The van der Waals surface area contributed by atoms with Crippen molar-refractivity contribution in [3.63, 3.8) is 0 Å². The molecule has 4 rings (SSSR count). The average Bonchev–Trinajstić information content (AvgIpc) is 2.69. The van der Waals surface area contributed by atoms with Crippen LogP contribution in [0.25, 0.3) is 0 Å². The van der Waals surface area contributed by atoms with Crippen molar-refractivity contribution < 1.29 is 0 Å². The molecule has 0 radical (unpaired) electrons. The smallest absolute Gasteiger partial charge is 0.157 e. The van der Waals surface area contributed by atoms with Gasteiger partial charge in [-0.1, -0.05) is 11.8 Å². The van der Waals surface area contributed by atoms with Gasteiger partial charge in [-0.2, -0.15) is 0 Å². The standard InChI is InChI=1S/C14H22N2S/c1-14(2)5-6-17-13(16-14)15-12-10-8-3-4-9(7-8)11(10)12/h8-12H,3-7H2,1-2H3,(H,15,16). The summed E-state index contributed by atoms with van der Waals surface area (Å²) in [6, 6.07) is 0.699. The highest BCUT2D eigenvalue weighted by molar-refractivity contribution is 8.13. The van der Waals surface area contributed by atoms with E-state index < -0.39 is 0 Å². The number of hydrogen-bond donors (Lipinski definition) is 1. The summed E-state index contributed by atoms with van der Waals surface area (Å²) >= 11 is 1.93. The number of nitrogens with one attached hydrogen (secondary N) is 1. The van der Waals surface area contributed by atoms with Crippen LogP contribution in [0.2, 0.25) is 0 Å². The molecule has 3 aliphatic carbocycles. The lowest BCUT2D eigenvalue weighted by Gasteiger charge is -2.32. The first kappa shape index (κ1) is 10.7. The van der Waals surface area contributed by atoms with Crippen LogP contribution in [-0.4, -0.2) is 22.5 Å². The topological polar surface area (TPSA) is 24.4 Å². The maximum absolute atomic E-state index is 5.04. The highest BCUT2D eigenvalue weighted by Gasteiger charge is 2.65. The minimum atomic E-state index is 0.257. The molecular formula is C14H22N2S. The van der Waals surface area contributed by atoms with E-state index in [1.165, 1.54) is 36.6 Å². The van der Waals surface area contributed by atoms with Crippen molar-refractivity contribution in [2.24, 2.45) is 28.7 Å². The van der Waals surface area contributed by atoms with Crippen molar-refractivity contribution >= 4 is 16.9 Å². The highest BCUT2D eigenvalue weighted by Crippen LogP contribution is 2.67. The molecule has 4 aliphatic rings. The molecule has 4 atom stereocenters. The lowest BCUT2D eigenvalue weighted by Crippen LogP contribution is -2.46. The second-order valence-electron chi connectivity index (χ2n) is 7.02. The Labute approximate surface area is 108 Å². The van der Waals surface area contributed by atoms with Crippen LogP contribution >= 0.6 is 11.8 Å². The van der Waals surface area contributed by atoms with Crippen molar-refractivity contribution in [2.45, 2.75) is 51.1 Å². The van der Waals surface area contributed by atoms with Gasteiger partial charge in [0.25, 0.3) is 0 Å². The predicted molar refractivity (Wildman–Crippen MR) is 73.3 cm³/mol. The van der Waals surface area contributed by atoms with E-state index in [9.17, 15) is 0 Å². The molecule has 0 amide bonds. The molecule has 2 bridgehead atoms. The van der Waals surface area contributed by atoms with Crippen LogP contribution in [0, 0.1) is 23.7 Å². The number of hydrogen-bond acceptors (Lipinski definition) is 2. The third-order valence-electron chi connectivity index (χ3n) is 5.37. The zero-order valence-electron chi connectivity index (χ0n) is 10.8. The Morgan fingerprint density at radius 3 is 2.59 bits per heavy atom. The number of amidine groups is 1. The first-order chi connectivity index (χ1) is 8.14. The quantitative estimate of drug-likeness (QED) is 0.774. The highest BCUT2D eigenvalue weighted by atomic mass is 32.2. The summed E-state index contributed by atoms with van der Waals surface area (Å²) in [5, 5.41) is 4.85. The fraction of sp³-hybridized carbons (Fsp3) is 0.929. The van der Waals surface area contributed by atoms with E-state index in [0.29, 0.717) is 6.04 Å². The summed E-state index contributed by atoms with van der Waals surface area (Å²) in [5.74, 6) is 5.28. The molecule has 94 valence electrons. The summed E-state index contributed by atoms with van der Waals surface area (Å²) in [7, 11) is 0. The fourth-order valence-corrected chi connectivity index (χ4v) is 5.80. The van der Waals surface area contributed by atoms with Crippen LogP contribution in [0.3, 0.4) is 0 Å².